The zero-order chi connectivity index (χ0) is 52.9. The lowest BCUT2D eigenvalue weighted by molar-refractivity contribution is -0.401. The molecule has 0 aliphatic carbocycles. The van der Waals surface area contributed by atoms with Crippen LogP contribution in [0.1, 0.15) is 158 Å². The van der Waals surface area contributed by atoms with E-state index in [4.69, 9.17) is 0 Å². The fourth-order valence-corrected chi connectivity index (χ4v) is 15.1. The lowest BCUT2D eigenvalue weighted by Crippen LogP contribution is -2.31. The highest BCUT2D eigenvalue weighted by Gasteiger charge is 2.49. The lowest BCUT2D eigenvalue weighted by Gasteiger charge is -2.31. The third-order valence-electron chi connectivity index (χ3n) is 19.2. The van der Waals surface area contributed by atoms with Gasteiger partial charge in [0, 0.05) is 83.1 Å². The van der Waals surface area contributed by atoms with Crippen molar-refractivity contribution < 1.29 is 9.15 Å². The molecule has 4 aliphatic rings. The maximum atomic E-state index is 2.53. The summed E-state index contributed by atoms with van der Waals surface area (Å²) < 4.78 is 5.01. The maximum absolute atomic E-state index is 2.53. The zero-order valence-electron chi connectivity index (χ0n) is 47.8. The van der Waals surface area contributed by atoms with Crippen LogP contribution in [0.25, 0.3) is 21.5 Å². The van der Waals surface area contributed by atoms with Gasteiger partial charge in [-0.25, -0.2) is 0 Å². The molecule has 0 saturated carbocycles. The van der Waals surface area contributed by atoms with Crippen LogP contribution in [0.4, 0.5) is 22.7 Å². The molecule has 0 radical (unpaired) electrons. The number of rotatable bonds is 18. The van der Waals surface area contributed by atoms with Crippen molar-refractivity contribution in [1.82, 2.24) is 0 Å². The average Bonchev–Trinajstić information content (AvgIpc) is 4.00. The zero-order valence-corrected chi connectivity index (χ0v) is 47.8. The van der Waals surface area contributed by atoms with E-state index in [9.17, 15) is 0 Å². The van der Waals surface area contributed by atoms with Crippen molar-refractivity contribution in [3.8, 4) is 0 Å². The van der Waals surface area contributed by atoms with Gasteiger partial charge >= 0.3 is 0 Å². The molecule has 4 heterocycles. The largest absolute Gasteiger partial charge is 0.347 e. The van der Waals surface area contributed by atoms with E-state index in [2.05, 4.69) is 248 Å². The molecule has 75 heavy (non-hydrogen) atoms. The Labute approximate surface area is 451 Å². The van der Waals surface area contributed by atoms with Crippen molar-refractivity contribution in [1.29, 1.82) is 0 Å². The number of unbranched alkanes of at least 4 members (excludes halogenated alkanes) is 4. The van der Waals surface area contributed by atoms with Crippen LogP contribution in [0, 0.1) is 13.8 Å². The predicted octanol–water partition coefficient (Wildman–Crippen LogP) is 18.1. The minimum absolute atomic E-state index is 0.0260. The number of anilines is 2. The highest BCUT2D eigenvalue weighted by Crippen LogP contribution is 2.54. The number of aryl methyl sites for hydroxylation is 2. The molecule has 0 aromatic heterocycles. The monoisotopic (exact) mass is 995 g/mol. The molecule has 0 bridgehead atoms. The number of benzene rings is 6. The molecule has 10 rings (SSSR count). The van der Waals surface area contributed by atoms with Gasteiger partial charge in [0.15, 0.2) is 11.4 Å². The summed E-state index contributed by atoms with van der Waals surface area (Å²) in [5, 5.41) is 5.28. The number of nitrogens with zero attached hydrogens (tertiary/aromatic N) is 4. The number of hydrogen-bond donors (Lipinski definition) is 0. The Kier molecular flexibility index (Phi) is 14.4. The van der Waals surface area contributed by atoms with Gasteiger partial charge in [-0.2, -0.15) is 9.15 Å². The summed E-state index contributed by atoms with van der Waals surface area (Å²) in [6, 6.07) is 41.9. The summed E-state index contributed by atoms with van der Waals surface area (Å²) in [5.41, 5.74) is 19.5. The van der Waals surface area contributed by atoms with Crippen LogP contribution in [0.15, 0.2) is 157 Å². The molecule has 4 nitrogen and oxygen atoms in total. The first-order valence-corrected chi connectivity index (χ1v) is 29.0. The summed E-state index contributed by atoms with van der Waals surface area (Å²) in [7, 11) is 9.16. The van der Waals surface area contributed by atoms with Gasteiger partial charge in [0.25, 0.3) is 0 Å². The highest BCUT2D eigenvalue weighted by molar-refractivity contribution is 6.06. The second kappa shape index (κ2) is 20.7. The normalized spacial score (nSPS) is 24.2. The Hall–Kier alpha value is -6.26. The lowest BCUT2D eigenvalue weighted by atomic mass is 9.73. The van der Waals surface area contributed by atoms with Crippen molar-refractivity contribution in [2.45, 2.75) is 161 Å². The predicted molar refractivity (Wildman–Crippen MR) is 324 cm³/mol. The Bertz CT molecular complexity index is 3150. The molecule has 4 atom stereocenters. The van der Waals surface area contributed by atoms with Crippen molar-refractivity contribution in [2.24, 2.45) is 0 Å². The summed E-state index contributed by atoms with van der Waals surface area (Å²) in [5.74, 6) is 0. The molecule has 4 aliphatic heterocycles. The molecular formula is C71H86N4+2. The SMILES string of the molecule is CCCC1(CC)C(=CC=CC2=[N+](C)c3cc4ccccc4cc3C2(C)CCCCCCCC2(C)C(C=CC=C3N(C)c4ccc(C)cc4C3(CC)CCC)=[N+](C)c3cc4ccccc4cc32)N(C)c2ccc(C)cc21. The third kappa shape index (κ3) is 8.67. The minimum Gasteiger partial charge on any atom is -0.347 e. The van der Waals surface area contributed by atoms with E-state index in [1.54, 1.807) is 0 Å². The molecule has 0 N–H and O–H groups in total. The average molecular weight is 995 g/mol. The second-order valence-corrected chi connectivity index (χ2v) is 23.6. The summed E-state index contributed by atoms with van der Waals surface area (Å²) in [6.07, 6.45) is 29.7. The van der Waals surface area contributed by atoms with Crippen LogP contribution in [0.5, 0.6) is 0 Å². The quantitative estimate of drug-likeness (QED) is 0.0628. The second-order valence-electron chi connectivity index (χ2n) is 23.6. The number of hydrogen-bond acceptors (Lipinski definition) is 2. The standard InChI is InChI=1S/C71H86N4/c1-13-40-70(15-3)58-44-50(5)36-38-60(58)72(9)66(70)34-26-32-64-68(7,56-46-52-28-20-22-30-54(52)48-62(56)74(64)11)42-24-18-17-19-25-43-69(8)57-47-53-29-21-23-31-55(53)49-63(57)75(12)65(69)33-27-35-67-71(16-4,41-14-2)59-45-51(6)37-39-61(59)73(67)10/h20-23,26-39,44-49H,13-19,24-25,40-43H2,1-12H3/q+2. The Morgan fingerprint density at radius 1 is 0.453 bits per heavy atom. The summed E-state index contributed by atoms with van der Waals surface area (Å²) >= 11 is 0. The van der Waals surface area contributed by atoms with Crippen LogP contribution in [0.2, 0.25) is 0 Å². The molecule has 0 amide bonds. The number of allylic oxidation sites excluding steroid dienone is 8. The maximum Gasteiger partial charge on any atom is 0.210 e. The number of fused-ring (bicyclic) bond motifs is 6. The van der Waals surface area contributed by atoms with Crippen LogP contribution < -0.4 is 9.80 Å². The fourth-order valence-electron chi connectivity index (χ4n) is 15.1. The van der Waals surface area contributed by atoms with E-state index in [0.29, 0.717) is 0 Å². The first-order valence-electron chi connectivity index (χ1n) is 29.0. The van der Waals surface area contributed by atoms with E-state index in [1.165, 1.54) is 133 Å². The van der Waals surface area contributed by atoms with E-state index in [-0.39, 0.29) is 21.7 Å². The first kappa shape index (κ1) is 52.2. The molecule has 4 heteroatoms. The Morgan fingerprint density at radius 2 is 0.827 bits per heavy atom. The topological polar surface area (TPSA) is 12.5 Å². The Balaban J connectivity index is 0.877. The van der Waals surface area contributed by atoms with Crippen LogP contribution >= 0.6 is 0 Å². The van der Waals surface area contributed by atoms with E-state index in [0.717, 1.165) is 51.4 Å². The van der Waals surface area contributed by atoms with Gasteiger partial charge in [-0.1, -0.05) is 169 Å². The van der Waals surface area contributed by atoms with Gasteiger partial charge in [0.1, 0.15) is 14.1 Å². The van der Waals surface area contributed by atoms with E-state index >= 15 is 0 Å². The van der Waals surface area contributed by atoms with Gasteiger partial charge in [-0.3, -0.25) is 0 Å². The van der Waals surface area contributed by atoms with Gasteiger partial charge in [-0.05, 0) is 135 Å². The van der Waals surface area contributed by atoms with Gasteiger partial charge in [0.2, 0.25) is 11.4 Å². The molecule has 6 aromatic rings. The molecule has 4 unspecified atom stereocenters. The van der Waals surface area contributed by atoms with Crippen LogP contribution in [-0.2, 0) is 21.7 Å². The summed E-state index contributed by atoms with van der Waals surface area (Å²) in [4.78, 5) is 4.95. The summed E-state index contributed by atoms with van der Waals surface area (Å²) in [6.45, 7) is 19.0. The minimum atomic E-state index is -0.0989. The van der Waals surface area contributed by atoms with Crippen molar-refractivity contribution in [2.75, 3.05) is 38.0 Å². The Morgan fingerprint density at radius 3 is 1.20 bits per heavy atom. The van der Waals surface area contributed by atoms with Crippen LogP contribution in [-0.4, -0.2) is 48.8 Å². The van der Waals surface area contributed by atoms with Gasteiger partial charge in [0.05, 0.1) is 10.8 Å². The van der Waals surface area contributed by atoms with E-state index in [1.807, 2.05) is 0 Å². The molecule has 0 spiro atoms. The highest BCUT2D eigenvalue weighted by atomic mass is 15.2. The van der Waals surface area contributed by atoms with Crippen molar-refractivity contribution in [3.05, 3.63) is 190 Å². The van der Waals surface area contributed by atoms with Gasteiger partial charge in [-0.15, -0.1) is 0 Å². The first-order chi connectivity index (χ1) is 36.2. The molecule has 388 valence electrons. The molecular weight excluding hydrogens is 909 g/mol. The van der Waals surface area contributed by atoms with Gasteiger partial charge < -0.3 is 9.80 Å². The van der Waals surface area contributed by atoms with Crippen molar-refractivity contribution >= 4 is 55.7 Å². The van der Waals surface area contributed by atoms with Crippen LogP contribution in [0.3, 0.4) is 0 Å². The fraction of sp³-hybridized carbons (Fsp3) is 0.408. The molecule has 0 saturated heterocycles. The molecule has 6 aromatic carbocycles. The third-order valence-corrected chi connectivity index (χ3v) is 19.2. The van der Waals surface area contributed by atoms with Crippen molar-refractivity contribution in [3.63, 3.8) is 0 Å². The smallest absolute Gasteiger partial charge is 0.210 e. The van der Waals surface area contributed by atoms with E-state index < -0.39 is 0 Å². The number of likely N-dealkylation sites (N-methyl/N-ethyl adjacent to an activating group) is 2. The molecule has 0 fully saturated rings.